The fourth-order valence-electron chi connectivity index (χ4n) is 2.83. The van der Waals surface area contributed by atoms with Crippen molar-refractivity contribution in [3.05, 3.63) is 82.5 Å². The van der Waals surface area contributed by atoms with Crippen molar-refractivity contribution in [2.24, 2.45) is 0 Å². The van der Waals surface area contributed by atoms with E-state index in [-0.39, 0.29) is 11.4 Å². The molecule has 0 fully saturated rings. The van der Waals surface area contributed by atoms with E-state index in [2.05, 4.69) is 10.1 Å². The Balaban J connectivity index is 1.83. The third-order valence-corrected chi connectivity index (χ3v) is 5.17. The minimum atomic E-state index is -0.279. The highest BCUT2D eigenvalue weighted by Crippen LogP contribution is 2.24. The lowest BCUT2D eigenvalue weighted by Gasteiger charge is -2.11. The molecular weight excluding hydrogens is 363 g/mol. The Morgan fingerprint density at radius 2 is 1.93 bits per heavy atom. The van der Waals surface area contributed by atoms with Crippen molar-refractivity contribution in [1.29, 1.82) is 0 Å². The van der Waals surface area contributed by atoms with Crippen LogP contribution in [0.4, 0.5) is 4.39 Å². The normalized spacial score (nSPS) is 11.2. The van der Waals surface area contributed by atoms with E-state index in [1.165, 1.54) is 23.9 Å². The van der Waals surface area contributed by atoms with Crippen LogP contribution >= 0.6 is 11.8 Å². The van der Waals surface area contributed by atoms with Crippen LogP contribution in [0.2, 0.25) is 0 Å². The molecule has 0 spiro atoms. The molecular formula is C20H17FN4OS. The largest absolute Gasteiger partial charge is 0.270 e. The summed E-state index contributed by atoms with van der Waals surface area (Å²) in [4.78, 5) is 17.8. The number of hydrogen-bond acceptors (Lipinski definition) is 4. The number of hydrogen-bond donors (Lipinski definition) is 0. The van der Waals surface area contributed by atoms with Gasteiger partial charge in [-0.15, -0.1) is 0 Å². The molecule has 0 saturated heterocycles. The molecule has 0 unspecified atom stereocenters. The van der Waals surface area contributed by atoms with Gasteiger partial charge in [0, 0.05) is 18.5 Å². The van der Waals surface area contributed by atoms with Crippen molar-refractivity contribution in [2.45, 2.75) is 24.4 Å². The standard InChI is InChI=1S/C20H17FN4OS/c1-2-24-12-17-18(23-24)22-20(27-13-14-7-6-8-15(21)11-14)25(19(17)26)16-9-4-3-5-10-16/h3-12H,2,13H2,1H3. The van der Waals surface area contributed by atoms with Crippen LogP contribution in [0.15, 0.2) is 70.7 Å². The summed E-state index contributed by atoms with van der Waals surface area (Å²) in [6.07, 6.45) is 1.73. The molecule has 2 aromatic heterocycles. The van der Waals surface area contributed by atoms with Crippen LogP contribution in [0, 0.1) is 5.82 Å². The van der Waals surface area contributed by atoms with E-state index in [0.717, 1.165) is 11.3 Å². The number of benzene rings is 2. The fourth-order valence-corrected chi connectivity index (χ4v) is 3.77. The van der Waals surface area contributed by atoms with Crippen molar-refractivity contribution < 1.29 is 4.39 Å². The maximum Gasteiger partial charge on any atom is 0.269 e. The van der Waals surface area contributed by atoms with Gasteiger partial charge in [-0.25, -0.2) is 9.37 Å². The second-order valence-electron chi connectivity index (χ2n) is 6.01. The summed E-state index contributed by atoms with van der Waals surface area (Å²) in [5.74, 6) is 0.218. The van der Waals surface area contributed by atoms with E-state index in [0.29, 0.717) is 28.5 Å². The number of halogens is 1. The quantitative estimate of drug-likeness (QED) is 0.387. The molecule has 27 heavy (non-hydrogen) atoms. The Morgan fingerprint density at radius 3 is 2.67 bits per heavy atom. The second-order valence-corrected chi connectivity index (χ2v) is 6.95. The topological polar surface area (TPSA) is 52.7 Å². The molecule has 2 aromatic carbocycles. The number of nitrogens with zero attached hydrogens (tertiary/aromatic N) is 4. The second kappa shape index (κ2) is 7.36. The van der Waals surface area contributed by atoms with Crippen LogP contribution in [0.5, 0.6) is 0 Å². The van der Waals surface area contributed by atoms with Crippen LogP contribution in [0.3, 0.4) is 0 Å². The molecule has 7 heteroatoms. The first kappa shape index (κ1) is 17.5. The van der Waals surface area contributed by atoms with Gasteiger partial charge in [0.05, 0.1) is 5.69 Å². The smallest absolute Gasteiger partial charge is 0.269 e. The van der Waals surface area contributed by atoms with E-state index in [1.807, 2.05) is 43.3 Å². The zero-order valence-corrected chi connectivity index (χ0v) is 15.5. The molecule has 0 radical (unpaired) electrons. The van der Waals surface area contributed by atoms with Gasteiger partial charge in [-0.3, -0.25) is 14.0 Å². The summed E-state index contributed by atoms with van der Waals surface area (Å²) < 4.78 is 16.8. The van der Waals surface area contributed by atoms with Gasteiger partial charge in [0.15, 0.2) is 10.8 Å². The highest BCUT2D eigenvalue weighted by molar-refractivity contribution is 7.98. The van der Waals surface area contributed by atoms with Gasteiger partial charge in [-0.2, -0.15) is 5.10 Å². The molecule has 5 nitrogen and oxygen atoms in total. The van der Waals surface area contributed by atoms with Gasteiger partial charge in [0.25, 0.3) is 5.56 Å². The van der Waals surface area contributed by atoms with Crippen LogP contribution in [-0.2, 0) is 12.3 Å². The zero-order valence-electron chi connectivity index (χ0n) is 14.7. The fraction of sp³-hybridized carbons (Fsp3) is 0.150. The van der Waals surface area contributed by atoms with Crippen molar-refractivity contribution in [2.75, 3.05) is 0 Å². The van der Waals surface area contributed by atoms with Crippen LogP contribution < -0.4 is 5.56 Å². The first-order chi connectivity index (χ1) is 13.2. The molecule has 2 heterocycles. The molecule has 0 N–H and O–H groups in total. The Labute approximate surface area is 159 Å². The van der Waals surface area contributed by atoms with Gasteiger partial charge in [-0.1, -0.05) is 42.1 Å². The number of rotatable bonds is 5. The van der Waals surface area contributed by atoms with Crippen molar-refractivity contribution in [3.63, 3.8) is 0 Å². The van der Waals surface area contributed by atoms with Crippen LogP contribution in [0.1, 0.15) is 12.5 Å². The molecule has 0 aliphatic carbocycles. The Hall–Kier alpha value is -2.93. The lowest BCUT2D eigenvalue weighted by Crippen LogP contribution is -2.21. The Bertz CT molecular complexity index is 1150. The number of thioether (sulfide) groups is 1. The Kier molecular flexibility index (Phi) is 4.77. The minimum absolute atomic E-state index is 0.160. The molecule has 0 saturated carbocycles. The van der Waals surface area contributed by atoms with Crippen molar-refractivity contribution in [1.82, 2.24) is 19.3 Å². The molecule has 4 rings (SSSR count). The molecule has 0 aliphatic rings. The molecule has 0 aliphatic heterocycles. The Morgan fingerprint density at radius 1 is 1.11 bits per heavy atom. The summed E-state index contributed by atoms with van der Waals surface area (Å²) >= 11 is 1.39. The summed E-state index contributed by atoms with van der Waals surface area (Å²) in [6.45, 7) is 2.62. The average Bonchev–Trinajstić information content (AvgIpc) is 3.11. The summed E-state index contributed by atoms with van der Waals surface area (Å²) in [7, 11) is 0. The number of aromatic nitrogens is 4. The predicted octanol–water partition coefficient (Wildman–Crippen LogP) is 4.03. The molecule has 4 aromatic rings. The van der Waals surface area contributed by atoms with E-state index in [4.69, 9.17) is 0 Å². The average molecular weight is 380 g/mol. The third kappa shape index (κ3) is 3.50. The zero-order chi connectivity index (χ0) is 18.8. The minimum Gasteiger partial charge on any atom is -0.270 e. The van der Waals surface area contributed by atoms with Crippen LogP contribution in [-0.4, -0.2) is 19.3 Å². The van der Waals surface area contributed by atoms with Gasteiger partial charge < -0.3 is 0 Å². The monoisotopic (exact) mass is 380 g/mol. The highest BCUT2D eigenvalue weighted by atomic mass is 32.2. The first-order valence-corrected chi connectivity index (χ1v) is 9.57. The van der Waals surface area contributed by atoms with Gasteiger partial charge in [-0.05, 0) is 36.8 Å². The lowest BCUT2D eigenvalue weighted by molar-refractivity contribution is 0.626. The number of aryl methyl sites for hydroxylation is 1. The van der Waals surface area contributed by atoms with E-state index >= 15 is 0 Å². The van der Waals surface area contributed by atoms with Crippen molar-refractivity contribution >= 4 is 22.8 Å². The molecule has 0 amide bonds. The van der Waals surface area contributed by atoms with Gasteiger partial charge >= 0.3 is 0 Å². The maximum absolute atomic E-state index is 13.5. The molecule has 136 valence electrons. The van der Waals surface area contributed by atoms with Gasteiger partial charge in [0.1, 0.15) is 11.2 Å². The van der Waals surface area contributed by atoms with Crippen LogP contribution in [0.25, 0.3) is 16.7 Å². The molecule has 0 atom stereocenters. The van der Waals surface area contributed by atoms with E-state index < -0.39 is 0 Å². The summed E-state index contributed by atoms with van der Waals surface area (Å²) in [6, 6.07) is 15.8. The summed E-state index contributed by atoms with van der Waals surface area (Å²) in [5, 5.41) is 5.39. The lowest BCUT2D eigenvalue weighted by atomic mass is 10.2. The first-order valence-electron chi connectivity index (χ1n) is 8.58. The predicted molar refractivity (Wildman–Crippen MR) is 105 cm³/mol. The van der Waals surface area contributed by atoms with E-state index in [9.17, 15) is 9.18 Å². The maximum atomic E-state index is 13.5. The third-order valence-electron chi connectivity index (χ3n) is 4.16. The van der Waals surface area contributed by atoms with Gasteiger partial charge in [0.2, 0.25) is 0 Å². The van der Waals surface area contributed by atoms with E-state index in [1.54, 1.807) is 21.5 Å². The SMILES string of the molecule is CCn1cc2c(=O)n(-c3ccccc3)c(SCc3cccc(F)c3)nc2n1. The molecule has 0 bridgehead atoms. The summed E-state index contributed by atoms with van der Waals surface area (Å²) in [5.41, 5.74) is 1.83. The number of fused-ring (bicyclic) bond motifs is 1. The number of para-hydroxylation sites is 1. The van der Waals surface area contributed by atoms with Crippen molar-refractivity contribution in [3.8, 4) is 5.69 Å². The highest BCUT2D eigenvalue weighted by Gasteiger charge is 2.16.